The number of hydrogen-bond acceptors (Lipinski definition) is 4. The molecule has 1 rings (SSSR count). The highest BCUT2D eigenvalue weighted by atomic mass is 32.2. The Bertz CT molecular complexity index is 510. The largest absolute Gasteiger partial charge is 0.392 e. The van der Waals surface area contributed by atoms with Crippen molar-refractivity contribution in [1.82, 2.24) is 4.72 Å². The topological polar surface area (TPSA) is 69.6 Å². The van der Waals surface area contributed by atoms with E-state index in [1.807, 2.05) is 25.9 Å². The second-order valence-electron chi connectivity index (χ2n) is 4.54. The second-order valence-corrected chi connectivity index (χ2v) is 6.31. The van der Waals surface area contributed by atoms with Gasteiger partial charge in [-0.1, -0.05) is 6.07 Å². The van der Waals surface area contributed by atoms with Crippen LogP contribution in [0.25, 0.3) is 0 Å². The molecule has 1 aromatic carbocycles. The van der Waals surface area contributed by atoms with E-state index < -0.39 is 16.1 Å². The third-order valence-electron chi connectivity index (χ3n) is 2.54. The standard InChI is InChI=1S/C12H20N2O3S/c1-9-5-6-11(7-12(9)14(3)4)18(16,17)13-8-10(2)15/h5-7,10,13,15H,8H2,1-4H3. The summed E-state index contributed by atoms with van der Waals surface area (Å²) in [7, 11) is 0.161. The van der Waals surface area contributed by atoms with Gasteiger partial charge in [-0.05, 0) is 31.5 Å². The number of nitrogens with zero attached hydrogens (tertiary/aromatic N) is 1. The molecule has 0 fully saturated rings. The summed E-state index contributed by atoms with van der Waals surface area (Å²) in [6, 6.07) is 4.96. The molecule has 5 nitrogen and oxygen atoms in total. The SMILES string of the molecule is Cc1ccc(S(=O)(=O)NCC(C)O)cc1N(C)C. The van der Waals surface area contributed by atoms with E-state index in [1.54, 1.807) is 18.2 Å². The maximum atomic E-state index is 12.0. The molecule has 1 aromatic rings. The lowest BCUT2D eigenvalue weighted by Gasteiger charge is -2.17. The predicted molar refractivity (Wildman–Crippen MR) is 72.4 cm³/mol. The Morgan fingerprint density at radius 3 is 2.50 bits per heavy atom. The van der Waals surface area contributed by atoms with Gasteiger partial charge < -0.3 is 10.0 Å². The van der Waals surface area contributed by atoms with Crippen molar-refractivity contribution >= 4 is 15.7 Å². The Morgan fingerprint density at radius 2 is 2.00 bits per heavy atom. The van der Waals surface area contributed by atoms with Crippen LogP contribution in [0.4, 0.5) is 5.69 Å². The Kier molecular flexibility index (Phi) is 4.72. The van der Waals surface area contributed by atoms with E-state index in [0.29, 0.717) is 0 Å². The van der Waals surface area contributed by atoms with Crippen LogP contribution in [-0.2, 0) is 10.0 Å². The minimum Gasteiger partial charge on any atom is -0.392 e. The number of nitrogens with one attached hydrogen (secondary N) is 1. The molecule has 102 valence electrons. The van der Waals surface area contributed by atoms with Crippen LogP contribution in [0.3, 0.4) is 0 Å². The minimum absolute atomic E-state index is 0.00745. The first-order chi connectivity index (χ1) is 8.24. The van der Waals surface area contributed by atoms with Crippen LogP contribution in [0, 0.1) is 6.92 Å². The number of aliphatic hydroxyl groups excluding tert-OH is 1. The summed E-state index contributed by atoms with van der Waals surface area (Å²) in [5.41, 5.74) is 1.87. The molecule has 0 amide bonds. The maximum absolute atomic E-state index is 12.0. The Balaban J connectivity index is 3.06. The molecule has 0 aliphatic rings. The summed E-state index contributed by atoms with van der Waals surface area (Å²) in [4.78, 5) is 2.07. The highest BCUT2D eigenvalue weighted by Gasteiger charge is 2.16. The van der Waals surface area contributed by atoms with Gasteiger partial charge in [0, 0.05) is 26.3 Å². The smallest absolute Gasteiger partial charge is 0.240 e. The van der Waals surface area contributed by atoms with Crippen LogP contribution in [0.5, 0.6) is 0 Å². The normalized spacial score (nSPS) is 13.4. The zero-order chi connectivity index (χ0) is 13.9. The van der Waals surface area contributed by atoms with Crippen LogP contribution in [0.1, 0.15) is 12.5 Å². The minimum atomic E-state index is -3.56. The van der Waals surface area contributed by atoms with Crippen LogP contribution in [0.2, 0.25) is 0 Å². The highest BCUT2D eigenvalue weighted by Crippen LogP contribution is 2.22. The molecule has 0 spiro atoms. The predicted octanol–water partition coefficient (Wildman–Crippen LogP) is 0.720. The van der Waals surface area contributed by atoms with Crippen molar-refractivity contribution in [1.29, 1.82) is 0 Å². The van der Waals surface area contributed by atoms with Crippen molar-refractivity contribution in [3.05, 3.63) is 23.8 Å². The average Bonchev–Trinajstić information content (AvgIpc) is 2.26. The van der Waals surface area contributed by atoms with Crippen molar-refractivity contribution < 1.29 is 13.5 Å². The molecular formula is C12H20N2O3S. The van der Waals surface area contributed by atoms with Gasteiger partial charge in [0.05, 0.1) is 11.0 Å². The first kappa shape index (κ1) is 14.9. The van der Waals surface area contributed by atoms with Gasteiger partial charge in [-0.25, -0.2) is 13.1 Å². The molecule has 6 heteroatoms. The Morgan fingerprint density at radius 1 is 1.39 bits per heavy atom. The van der Waals surface area contributed by atoms with Gasteiger partial charge in [0.1, 0.15) is 0 Å². The van der Waals surface area contributed by atoms with E-state index in [0.717, 1.165) is 11.3 Å². The number of rotatable bonds is 5. The maximum Gasteiger partial charge on any atom is 0.240 e. The molecule has 0 aromatic heterocycles. The van der Waals surface area contributed by atoms with Crippen molar-refractivity contribution in [3.8, 4) is 0 Å². The third-order valence-corrected chi connectivity index (χ3v) is 3.96. The molecule has 18 heavy (non-hydrogen) atoms. The number of benzene rings is 1. The molecule has 0 radical (unpaired) electrons. The van der Waals surface area contributed by atoms with Gasteiger partial charge in [0.2, 0.25) is 10.0 Å². The molecular weight excluding hydrogens is 252 g/mol. The summed E-state index contributed by atoms with van der Waals surface area (Å²) in [6.45, 7) is 3.46. The summed E-state index contributed by atoms with van der Waals surface area (Å²) in [5.74, 6) is 0. The van der Waals surface area contributed by atoms with Gasteiger partial charge in [0.25, 0.3) is 0 Å². The number of aryl methyl sites for hydroxylation is 1. The van der Waals surface area contributed by atoms with Gasteiger partial charge in [0.15, 0.2) is 0 Å². The molecule has 0 heterocycles. The number of aliphatic hydroxyl groups is 1. The summed E-state index contributed by atoms with van der Waals surface area (Å²) < 4.78 is 26.3. The van der Waals surface area contributed by atoms with Gasteiger partial charge in [-0.2, -0.15) is 0 Å². The van der Waals surface area contributed by atoms with Gasteiger partial charge in [-0.3, -0.25) is 0 Å². The molecule has 1 atom stereocenters. The Labute approximate surface area is 108 Å². The first-order valence-electron chi connectivity index (χ1n) is 5.70. The van der Waals surface area contributed by atoms with E-state index in [9.17, 15) is 8.42 Å². The second kappa shape index (κ2) is 5.69. The summed E-state index contributed by atoms with van der Waals surface area (Å²) in [6.07, 6.45) is -0.710. The quantitative estimate of drug-likeness (QED) is 0.828. The average molecular weight is 272 g/mol. The molecule has 0 aliphatic heterocycles. The number of sulfonamides is 1. The molecule has 2 N–H and O–H groups in total. The molecule has 1 unspecified atom stereocenters. The van der Waals surface area contributed by atoms with Crippen molar-refractivity contribution in [2.45, 2.75) is 24.8 Å². The third kappa shape index (κ3) is 3.69. The fourth-order valence-electron chi connectivity index (χ4n) is 1.55. The van der Waals surface area contributed by atoms with E-state index in [2.05, 4.69) is 4.72 Å². The fourth-order valence-corrected chi connectivity index (χ4v) is 2.69. The van der Waals surface area contributed by atoms with Crippen LogP contribution in [0.15, 0.2) is 23.1 Å². The Hall–Kier alpha value is -1.11. The molecule has 0 bridgehead atoms. The lowest BCUT2D eigenvalue weighted by Crippen LogP contribution is -2.30. The van der Waals surface area contributed by atoms with Crippen molar-refractivity contribution in [3.63, 3.8) is 0 Å². The van der Waals surface area contributed by atoms with E-state index in [1.165, 1.54) is 6.92 Å². The summed E-state index contributed by atoms with van der Waals surface area (Å²) >= 11 is 0. The van der Waals surface area contributed by atoms with Crippen LogP contribution >= 0.6 is 0 Å². The zero-order valence-corrected chi connectivity index (χ0v) is 12.0. The first-order valence-corrected chi connectivity index (χ1v) is 7.18. The number of hydrogen-bond donors (Lipinski definition) is 2. The fraction of sp³-hybridized carbons (Fsp3) is 0.500. The van der Waals surface area contributed by atoms with Crippen LogP contribution in [-0.4, -0.2) is 40.3 Å². The van der Waals surface area contributed by atoms with Crippen molar-refractivity contribution in [2.24, 2.45) is 0 Å². The van der Waals surface area contributed by atoms with Gasteiger partial charge >= 0.3 is 0 Å². The number of anilines is 1. The van der Waals surface area contributed by atoms with E-state index >= 15 is 0 Å². The van der Waals surface area contributed by atoms with Gasteiger partial charge in [-0.15, -0.1) is 0 Å². The van der Waals surface area contributed by atoms with Crippen LogP contribution < -0.4 is 9.62 Å². The summed E-state index contributed by atoms with van der Waals surface area (Å²) in [5, 5.41) is 9.11. The molecule has 0 saturated carbocycles. The van der Waals surface area contributed by atoms with Crippen molar-refractivity contribution in [2.75, 3.05) is 25.5 Å². The lowest BCUT2D eigenvalue weighted by atomic mass is 10.2. The van der Waals surface area contributed by atoms with E-state index in [4.69, 9.17) is 5.11 Å². The molecule has 0 aliphatic carbocycles. The molecule has 0 saturated heterocycles. The lowest BCUT2D eigenvalue weighted by molar-refractivity contribution is 0.198. The van der Waals surface area contributed by atoms with E-state index in [-0.39, 0.29) is 11.4 Å². The zero-order valence-electron chi connectivity index (χ0n) is 11.1. The highest BCUT2D eigenvalue weighted by molar-refractivity contribution is 7.89. The monoisotopic (exact) mass is 272 g/mol.